The number of carbonyl (C=O) groups excluding carboxylic acids is 4. The van der Waals surface area contributed by atoms with Gasteiger partial charge in [-0.05, 0) is 42.0 Å². The fourth-order valence-electron chi connectivity index (χ4n) is 5.99. The van der Waals surface area contributed by atoms with Gasteiger partial charge in [-0.3, -0.25) is 24.1 Å². The van der Waals surface area contributed by atoms with Crippen molar-refractivity contribution in [1.29, 1.82) is 0 Å². The first-order valence-electron chi connectivity index (χ1n) is 15.6. The number of amides is 4. The van der Waals surface area contributed by atoms with E-state index in [1.807, 2.05) is 32.0 Å². The van der Waals surface area contributed by atoms with Gasteiger partial charge >= 0.3 is 0 Å². The maximum Gasteiger partial charge on any atom is 0.255 e. The van der Waals surface area contributed by atoms with E-state index in [0.29, 0.717) is 12.3 Å². The van der Waals surface area contributed by atoms with Crippen molar-refractivity contribution >= 4 is 23.6 Å². The lowest BCUT2D eigenvalue weighted by atomic mass is 10.0. The Hall–Kier alpha value is -3.96. The van der Waals surface area contributed by atoms with E-state index in [2.05, 4.69) is 26.9 Å². The molecule has 4 amide bonds. The zero-order valence-electron chi connectivity index (χ0n) is 25.6. The number of carbonyl (C=O) groups is 4. The summed E-state index contributed by atoms with van der Waals surface area (Å²) >= 11 is 0. The van der Waals surface area contributed by atoms with Crippen LogP contribution in [0.2, 0.25) is 0 Å². The summed E-state index contributed by atoms with van der Waals surface area (Å²) in [7, 11) is 0. The molecule has 0 aliphatic carbocycles. The van der Waals surface area contributed by atoms with E-state index in [0.717, 1.165) is 56.8 Å². The van der Waals surface area contributed by atoms with E-state index in [1.54, 1.807) is 29.2 Å². The highest BCUT2D eigenvalue weighted by atomic mass is 16.5. The van der Waals surface area contributed by atoms with E-state index in [1.165, 1.54) is 0 Å². The smallest absolute Gasteiger partial charge is 0.255 e. The number of fused-ring (bicyclic) bond motifs is 2. The van der Waals surface area contributed by atoms with Gasteiger partial charge in [0.05, 0.1) is 31.2 Å². The SMILES string of the molecule is CC(C)[C@@H]1NC(=O)C[C@@H](C(=O)NCc2cccc(CN3CCOCC3)c2)NC(=O)c2ccccc2OC[C@H]2CCCN2C1=O. The summed E-state index contributed by atoms with van der Waals surface area (Å²) in [5, 5.41) is 8.51. The van der Waals surface area contributed by atoms with E-state index in [4.69, 9.17) is 9.47 Å². The summed E-state index contributed by atoms with van der Waals surface area (Å²) in [6.07, 6.45) is 1.29. The summed E-state index contributed by atoms with van der Waals surface area (Å²) in [5.41, 5.74) is 2.30. The Bertz CT molecular complexity index is 1340. The van der Waals surface area contributed by atoms with Crippen molar-refractivity contribution in [2.75, 3.05) is 39.5 Å². The van der Waals surface area contributed by atoms with Crippen LogP contribution >= 0.6 is 0 Å². The minimum Gasteiger partial charge on any atom is -0.491 e. The molecule has 2 aromatic rings. The molecule has 0 radical (unpaired) electrons. The van der Waals surface area contributed by atoms with Crippen molar-refractivity contribution in [3.8, 4) is 5.75 Å². The van der Waals surface area contributed by atoms with Crippen LogP contribution < -0.4 is 20.7 Å². The maximum atomic E-state index is 13.6. The van der Waals surface area contributed by atoms with E-state index >= 15 is 0 Å². The molecule has 3 atom stereocenters. The second-order valence-electron chi connectivity index (χ2n) is 12.1. The number of nitrogens with one attached hydrogen (secondary N) is 3. The molecule has 3 aliphatic rings. The van der Waals surface area contributed by atoms with E-state index in [-0.39, 0.29) is 43.0 Å². The van der Waals surface area contributed by atoms with Crippen molar-refractivity contribution in [2.24, 2.45) is 5.92 Å². The normalized spacial score (nSPS) is 23.6. The lowest BCUT2D eigenvalue weighted by Gasteiger charge is -2.32. The zero-order chi connectivity index (χ0) is 31.1. The predicted octanol–water partition coefficient (Wildman–Crippen LogP) is 1.85. The first-order valence-corrected chi connectivity index (χ1v) is 15.6. The largest absolute Gasteiger partial charge is 0.491 e. The number of morpholine rings is 1. The molecule has 3 heterocycles. The molecular formula is C33H43N5O6. The molecule has 236 valence electrons. The summed E-state index contributed by atoms with van der Waals surface area (Å²) < 4.78 is 11.5. The molecule has 5 rings (SSSR count). The molecule has 0 aromatic heterocycles. The van der Waals surface area contributed by atoms with Crippen molar-refractivity contribution in [3.05, 3.63) is 65.2 Å². The molecule has 11 heteroatoms. The Balaban J connectivity index is 1.33. The first kappa shape index (κ1) is 31.5. The van der Waals surface area contributed by atoms with E-state index < -0.39 is 29.8 Å². The summed E-state index contributed by atoms with van der Waals surface area (Å²) in [4.78, 5) is 58.0. The predicted molar refractivity (Wildman–Crippen MR) is 164 cm³/mol. The molecular weight excluding hydrogens is 562 g/mol. The fraction of sp³-hybridized carbons (Fsp3) is 0.515. The van der Waals surface area contributed by atoms with E-state index in [9.17, 15) is 19.2 Å². The Labute approximate surface area is 258 Å². The van der Waals surface area contributed by atoms with Gasteiger partial charge in [-0.15, -0.1) is 0 Å². The highest BCUT2D eigenvalue weighted by molar-refractivity contribution is 6.01. The molecule has 0 saturated carbocycles. The van der Waals surface area contributed by atoms with Gasteiger partial charge in [-0.2, -0.15) is 0 Å². The Kier molecular flexibility index (Phi) is 10.5. The molecule has 0 spiro atoms. The van der Waals surface area contributed by atoms with Crippen LogP contribution in [0, 0.1) is 5.92 Å². The van der Waals surface area contributed by atoms with Gasteiger partial charge in [0.25, 0.3) is 5.91 Å². The van der Waals surface area contributed by atoms with Gasteiger partial charge in [-0.1, -0.05) is 50.2 Å². The first-order chi connectivity index (χ1) is 21.3. The zero-order valence-corrected chi connectivity index (χ0v) is 25.6. The number of rotatable bonds is 6. The second-order valence-corrected chi connectivity index (χ2v) is 12.1. The van der Waals surface area contributed by atoms with Crippen molar-refractivity contribution in [2.45, 2.75) is 64.3 Å². The minimum atomic E-state index is -1.17. The average Bonchev–Trinajstić information content (AvgIpc) is 3.50. The minimum absolute atomic E-state index is 0.160. The molecule has 3 aliphatic heterocycles. The van der Waals surface area contributed by atoms with Gasteiger partial charge in [0.1, 0.15) is 24.4 Å². The molecule has 0 bridgehead atoms. The number of para-hydroxylation sites is 1. The molecule has 0 unspecified atom stereocenters. The number of hydrogen-bond acceptors (Lipinski definition) is 7. The highest BCUT2D eigenvalue weighted by Gasteiger charge is 2.37. The Morgan fingerprint density at radius 1 is 1.00 bits per heavy atom. The van der Waals surface area contributed by atoms with Crippen LogP contribution in [0.25, 0.3) is 0 Å². The Morgan fingerprint density at radius 3 is 2.57 bits per heavy atom. The highest BCUT2D eigenvalue weighted by Crippen LogP contribution is 2.24. The standard InChI is InChI=1S/C33H43N5O6/c1-22(2)30-33(42)38-12-6-9-25(38)21-44-28-11-4-3-10-26(28)31(40)35-27(18-29(39)36-30)32(41)34-19-23-7-5-8-24(17-23)20-37-13-15-43-16-14-37/h3-5,7-8,10-11,17,22,25,27,30H,6,9,12-16,18-21H2,1-2H3,(H,34,41)(H,35,40)(H,36,39)/t25-,27+,30+/m1/s1. The Morgan fingerprint density at radius 2 is 1.77 bits per heavy atom. The van der Waals surface area contributed by atoms with Crippen LogP contribution in [0.1, 0.15) is 54.6 Å². The number of benzene rings is 2. The average molecular weight is 606 g/mol. The van der Waals surface area contributed by atoms with Gasteiger partial charge in [0.15, 0.2) is 0 Å². The molecule has 2 saturated heterocycles. The fourth-order valence-corrected chi connectivity index (χ4v) is 5.99. The van der Waals surface area contributed by atoms with Gasteiger partial charge in [-0.25, -0.2) is 0 Å². The lowest BCUT2D eigenvalue weighted by molar-refractivity contribution is -0.139. The van der Waals surface area contributed by atoms with Crippen LogP contribution in [0.15, 0.2) is 48.5 Å². The van der Waals surface area contributed by atoms with Crippen LogP contribution in [-0.4, -0.2) is 91.0 Å². The molecule has 2 aromatic carbocycles. The van der Waals surface area contributed by atoms with Crippen molar-refractivity contribution in [3.63, 3.8) is 0 Å². The molecule has 11 nitrogen and oxygen atoms in total. The monoisotopic (exact) mass is 605 g/mol. The van der Waals surface area contributed by atoms with Crippen molar-refractivity contribution in [1.82, 2.24) is 25.8 Å². The van der Waals surface area contributed by atoms with Gasteiger partial charge < -0.3 is 30.3 Å². The van der Waals surface area contributed by atoms with Gasteiger partial charge in [0, 0.05) is 32.7 Å². The quantitative estimate of drug-likeness (QED) is 0.459. The second kappa shape index (κ2) is 14.7. The molecule has 44 heavy (non-hydrogen) atoms. The summed E-state index contributed by atoms with van der Waals surface area (Å²) in [6.45, 7) is 8.77. The number of ether oxygens (including phenoxy) is 2. The van der Waals surface area contributed by atoms with Crippen LogP contribution in [0.5, 0.6) is 5.75 Å². The third-order valence-electron chi connectivity index (χ3n) is 8.45. The third-order valence-corrected chi connectivity index (χ3v) is 8.45. The summed E-state index contributed by atoms with van der Waals surface area (Å²) in [6, 6.07) is 12.7. The molecule has 2 fully saturated rings. The lowest BCUT2D eigenvalue weighted by Crippen LogP contribution is -2.55. The molecule has 3 N–H and O–H groups in total. The topological polar surface area (TPSA) is 129 Å². The van der Waals surface area contributed by atoms with Gasteiger partial charge in [0.2, 0.25) is 17.7 Å². The van der Waals surface area contributed by atoms with Crippen LogP contribution in [0.3, 0.4) is 0 Å². The third kappa shape index (κ3) is 7.95. The maximum absolute atomic E-state index is 13.6. The number of nitrogens with zero attached hydrogens (tertiary/aromatic N) is 2. The van der Waals surface area contributed by atoms with Crippen LogP contribution in [-0.2, 0) is 32.2 Å². The van der Waals surface area contributed by atoms with Crippen molar-refractivity contribution < 1.29 is 28.7 Å². The number of hydrogen-bond donors (Lipinski definition) is 3. The summed E-state index contributed by atoms with van der Waals surface area (Å²) in [5.74, 6) is -1.46. The van der Waals surface area contributed by atoms with Crippen LogP contribution in [0.4, 0.5) is 0 Å².